The van der Waals surface area contributed by atoms with Crippen LogP contribution in [0.5, 0.6) is 0 Å². The molecule has 7 nitrogen and oxygen atoms in total. The Morgan fingerprint density at radius 3 is 2.45 bits per heavy atom. The molecule has 0 atom stereocenters. The van der Waals surface area contributed by atoms with Crippen LogP contribution in [0.25, 0.3) is 0 Å². The van der Waals surface area contributed by atoms with E-state index in [1.807, 2.05) is 27.7 Å². The monoisotopic (exact) mass is 300 g/mol. The molecule has 1 saturated carbocycles. The van der Waals surface area contributed by atoms with Gasteiger partial charge in [-0.1, -0.05) is 6.92 Å². The molecule has 20 heavy (non-hydrogen) atoms. The topological polar surface area (TPSA) is 94.0 Å². The second-order valence-corrected chi connectivity index (χ2v) is 8.23. The Morgan fingerprint density at radius 1 is 1.45 bits per heavy atom. The zero-order valence-corrected chi connectivity index (χ0v) is 13.0. The van der Waals surface area contributed by atoms with E-state index in [9.17, 15) is 13.2 Å². The van der Waals surface area contributed by atoms with Gasteiger partial charge in [0.1, 0.15) is 6.33 Å². The number of carbonyl (C=O) groups is 1. The summed E-state index contributed by atoms with van der Waals surface area (Å²) in [6, 6.07) is 0. The summed E-state index contributed by atoms with van der Waals surface area (Å²) in [5.74, 6) is -0.900. The number of hydrogen-bond donors (Lipinski definition) is 1. The molecule has 0 aromatic carbocycles. The highest BCUT2D eigenvalue weighted by molar-refractivity contribution is 7.91. The Hall–Kier alpha value is -1.44. The van der Waals surface area contributed by atoms with Gasteiger partial charge in [-0.25, -0.2) is 22.8 Å². The van der Waals surface area contributed by atoms with Crippen molar-refractivity contribution in [2.24, 2.45) is 0 Å². The highest BCUT2D eigenvalue weighted by Crippen LogP contribution is 2.45. The zero-order chi connectivity index (χ0) is 15.2. The van der Waals surface area contributed by atoms with Crippen molar-refractivity contribution in [3.8, 4) is 0 Å². The molecule has 1 aliphatic rings. The standard InChI is InChI=1S/C12H20N4O3S/c1-5-12(6-7-12)20(18,19)15-10(17)9-13-8-16(14-9)11(2,3)4/h8H,5-7H2,1-4H3,(H,15,17). The minimum atomic E-state index is -3.66. The van der Waals surface area contributed by atoms with E-state index >= 15 is 0 Å². The van der Waals surface area contributed by atoms with E-state index in [-0.39, 0.29) is 11.4 Å². The van der Waals surface area contributed by atoms with Crippen LogP contribution in [0.3, 0.4) is 0 Å². The van der Waals surface area contributed by atoms with Gasteiger partial charge in [0.05, 0.1) is 10.3 Å². The van der Waals surface area contributed by atoms with Crippen LogP contribution in [0.15, 0.2) is 6.33 Å². The maximum absolute atomic E-state index is 12.1. The predicted molar refractivity (Wildman–Crippen MR) is 73.7 cm³/mol. The molecule has 0 unspecified atom stereocenters. The first-order chi connectivity index (χ1) is 9.11. The van der Waals surface area contributed by atoms with Gasteiger partial charge in [0.25, 0.3) is 0 Å². The van der Waals surface area contributed by atoms with Crippen LogP contribution in [-0.2, 0) is 15.6 Å². The molecular formula is C12H20N4O3S. The molecule has 0 saturated heterocycles. The van der Waals surface area contributed by atoms with Crippen LogP contribution in [0.1, 0.15) is 57.6 Å². The number of hydrogen-bond acceptors (Lipinski definition) is 5. The lowest BCUT2D eigenvalue weighted by atomic mass is 10.1. The lowest BCUT2D eigenvalue weighted by molar-refractivity contribution is 0.0970. The molecule has 1 fully saturated rings. The third kappa shape index (κ3) is 2.56. The molecule has 0 radical (unpaired) electrons. The summed E-state index contributed by atoms with van der Waals surface area (Å²) in [4.78, 5) is 15.8. The Morgan fingerprint density at radius 2 is 2.05 bits per heavy atom. The molecule has 1 amide bonds. The third-order valence-electron chi connectivity index (χ3n) is 3.63. The minimum Gasteiger partial charge on any atom is -0.264 e. The van der Waals surface area contributed by atoms with Crippen molar-refractivity contribution in [3.05, 3.63) is 12.2 Å². The van der Waals surface area contributed by atoms with Gasteiger partial charge in [-0.05, 0) is 40.0 Å². The smallest absolute Gasteiger partial charge is 0.264 e. The van der Waals surface area contributed by atoms with Gasteiger partial charge in [0.15, 0.2) is 0 Å². The summed E-state index contributed by atoms with van der Waals surface area (Å²) in [6.45, 7) is 7.55. The van der Waals surface area contributed by atoms with Crippen molar-refractivity contribution in [1.82, 2.24) is 19.5 Å². The van der Waals surface area contributed by atoms with E-state index in [1.54, 1.807) is 0 Å². The number of sulfonamides is 1. The molecule has 1 aromatic heterocycles. The molecule has 1 aliphatic carbocycles. The Balaban J connectivity index is 2.15. The average Bonchev–Trinajstić information content (AvgIpc) is 2.96. The number of rotatable bonds is 4. The predicted octanol–water partition coefficient (Wildman–Crippen LogP) is 1.04. The quantitative estimate of drug-likeness (QED) is 0.896. The van der Waals surface area contributed by atoms with Gasteiger partial charge in [-0.15, -0.1) is 5.10 Å². The van der Waals surface area contributed by atoms with E-state index < -0.39 is 20.7 Å². The molecule has 0 bridgehead atoms. The fourth-order valence-corrected chi connectivity index (χ4v) is 3.49. The van der Waals surface area contributed by atoms with Crippen LogP contribution in [0.2, 0.25) is 0 Å². The fraction of sp³-hybridized carbons (Fsp3) is 0.750. The minimum absolute atomic E-state index is 0.129. The Kier molecular flexibility index (Phi) is 3.40. The summed E-state index contributed by atoms with van der Waals surface area (Å²) in [6.07, 6.45) is 3.11. The number of aromatic nitrogens is 3. The third-order valence-corrected chi connectivity index (χ3v) is 5.92. The molecule has 8 heteroatoms. The summed E-state index contributed by atoms with van der Waals surface area (Å²) < 4.78 is 27.1. The van der Waals surface area contributed by atoms with E-state index in [0.29, 0.717) is 19.3 Å². The second kappa shape index (κ2) is 4.54. The van der Waals surface area contributed by atoms with Crippen LogP contribution in [0.4, 0.5) is 0 Å². The molecule has 1 N–H and O–H groups in total. The van der Waals surface area contributed by atoms with Gasteiger partial charge in [-0.3, -0.25) is 4.79 Å². The van der Waals surface area contributed by atoms with Gasteiger partial charge in [-0.2, -0.15) is 0 Å². The van der Waals surface area contributed by atoms with Crippen molar-refractivity contribution in [2.75, 3.05) is 0 Å². The molecule has 1 aromatic rings. The van der Waals surface area contributed by atoms with Crippen LogP contribution >= 0.6 is 0 Å². The van der Waals surface area contributed by atoms with E-state index in [1.165, 1.54) is 11.0 Å². The summed E-state index contributed by atoms with van der Waals surface area (Å²) in [7, 11) is -3.66. The molecule has 2 rings (SSSR count). The molecule has 112 valence electrons. The highest BCUT2D eigenvalue weighted by atomic mass is 32.2. The average molecular weight is 300 g/mol. The lowest BCUT2D eigenvalue weighted by Crippen LogP contribution is -2.40. The van der Waals surface area contributed by atoms with Gasteiger partial charge in [0.2, 0.25) is 15.8 Å². The second-order valence-electron chi connectivity index (χ2n) is 6.15. The van der Waals surface area contributed by atoms with Crippen LogP contribution in [-0.4, -0.2) is 33.8 Å². The van der Waals surface area contributed by atoms with Crippen molar-refractivity contribution < 1.29 is 13.2 Å². The molecule has 1 heterocycles. The van der Waals surface area contributed by atoms with Gasteiger partial charge >= 0.3 is 5.91 Å². The SMILES string of the molecule is CCC1(S(=O)(=O)NC(=O)c2ncn(C(C)(C)C)n2)CC1. The number of nitrogens with one attached hydrogen (secondary N) is 1. The maximum atomic E-state index is 12.1. The van der Waals surface area contributed by atoms with Crippen molar-refractivity contribution in [2.45, 2.75) is 57.2 Å². The Labute approximate surface area is 118 Å². The first-order valence-corrected chi connectivity index (χ1v) is 8.08. The fourth-order valence-electron chi connectivity index (χ4n) is 1.92. The Bertz CT molecular complexity index is 623. The van der Waals surface area contributed by atoms with Gasteiger partial charge in [0, 0.05) is 0 Å². The zero-order valence-electron chi connectivity index (χ0n) is 12.2. The lowest BCUT2D eigenvalue weighted by Gasteiger charge is -2.17. The number of nitrogens with zero attached hydrogens (tertiary/aromatic N) is 3. The van der Waals surface area contributed by atoms with E-state index in [4.69, 9.17) is 0 Å². The van der Waals surface area contributed by atoms with Gasteiger partial charge < -0.3 is 0 Å². The van der Waals surface area contributed by atoms with Crippen molar-refractivity contribution in [1.29, 1.82) is 0 Å². The van der Waals surface area contributed by atoms with Crippen molar-refractivity contribution >= 4 is 15.9 Å². The summed E-state index contributed by atoms with van der Waals surface area (Å²) >= 11 is 0. The summed E-state index contributed by atoms with van der Waals surface area (Å²) in [5.41, 5.74) is -0.314. The molecule has 0 aliphatic heterocycles. The van der Waals surface area contributed by atoms with E-state index in [0.717, 1.165) is 0 Å². The number of amides is 1. The van der Waals surface area contributed by atoms with E-state index in [2.05, 4.69) is 14.8 Å². The first-order valence-electron chi connectivity index (χ1n) is 6.60. The normalized spacial score (nSPS) is 17.8. The largest absolute Gasteiger partial charge is 0.304 e. The number of carbonyl (C=O) groups excluding carboxylic acids is 1. The van der Waals surface area contributed by atoms with Crippen LogP contribution < -0.4 is 4.72 Å². The first kappa shape index (κ1) is 15.0. The molecule has 0 spiro atoms. The summed E-state index contributed by atoms with van der Waals surface area (Å²) in [5, 5.41) is 4.02. The molecular weight excluding hydrogens is 280 g/mol. The van der Waals surface area contributed by atoms with Crippen LogP contribution in [0, 0.1) is 0 Å². The maximum Gasteiger partial charge on any atom is 0.304 e. The van der Waals surface area contributed by atoms with Crippen molar-refractivity contribution in [3.63, 3.8) is 0 Å². The highest BCUT2D eigenvalue weighted by Gasteiger charge is 2.53.